The number of nitrogens with one attached hydrogen (secondary N) is 1. The van der Waals surface area contributed by atoms with Crippen molar-refractivity contribution in [1.82, 2.24) is 5.32 Å². The van der Waals surface area contributed by atoms with Crippen LogP contribution in [-0.2, 0) is 4.79 Å². The van der Waals surface area contributed by atoms with Crippen LogP contribution in [-0.4, -0.2) is 57.3 Å². The predicted octanol–water partition coefficient (Wildman–Crippen LogP) is 20.9. The van der Waals surface area contributed by atoms with E-state index in [1.165, 1.54) is 276 Å². The Morgan fingerprint density at radius 1 is 0.316 bits per heavy atom. The molecule has 0 saturated heterocycles. The first-order valence-electron chi connectivity index (χ1n) is 34.0. The number of hydrogen-bond donors (Lipinski definition) is 5. The van der Waals surface area contributed by atoms with E-state index < -0.39 is 36.9 Å². The Morgan fingerprint density at radius 2 is 0.553 bits per heavy atom. The van der Waals surface area contributed by atoms with Gasteiger partial charge in [-0.3, -0.25) is 4.79 Å². The number of unbranched alkanes of at least 4 members (excludes halogenated alkanes) is 46. The molecule has 6 nitrogen and oxygen atoms in total. The van der Waals surface area contributed by atoms with Gasteiger partial charge in [0.2, 0.25) is 5.91 Å². The predicted molar refractivity (Wildman–Crippen MR) is 334 cm³/mol. The summed E-state index contributed by atoms with van der Waals surface area (Å²) >= 11 is 0. The van der Waals surface area contributed by atoms with Gasteiger partial charge in [0.05, 0.1) is 18.8 Å². The van der Waals surface area contributed by atoms with Crippen molar-refractivity contribution in [1.29, 1.82) is 0 Å². The molecule has 6 heteroatoms. The molecule has 76 heavy (non-hydrogen) atoms. The summed E-state index contributed by atoms with van der Waals surface area (Å²) < 4.78 is 0. The van der Waals surface area contributed by atoms with E-state index in [-0.39, 0.29) is 0 Å². The van der Waals surface area contributed by atoms with Crippen molar-refractivity contribution < 1.29 is 25.2 Å². The second-order valence-corrected chi connectivity index (χ2v) is 23.5. The molecular formula is C70H133NO5. The van der Waals surface area contributed by atoms with Crippen LogP contribution in [0.1, 0.15) is 361 Å². The van der Waals surface area contributed by atoms with Crippen LogP contribution in [0, 0.1) is 0 Å². The quantitative estimate of drug-likeness (QED) is 0.0308. The molecule has 448 valence electrons. The lowest BCUT2D eigenvalue weighted by Gasteiger charge is -2.27. The summed E-state index contributed by atoms with van der Waals surface area (Å²) in [4.78, 5) is 12.6. The molecule has 4 atom stereocenters. The topological polar surface area (TPSA) is 110 Å². The van der Waals surface area contributed by atoms with Gasteiger partial charge in [0.25, 0.3) is 0 Å². The van der Waals surface area contributed by atoms with Crippen LogP contribution in [0.3, 0.4) is 0 Å². The van der Waals surface area contributed by atoms with E-state index >= 15 is 0 Å². The van der Waals surface area contributed by atoms with E-state index in [2.05, 4.69) is 67.8 Å². The van der Waals surface area contributed by atoms with Crippen molar-refractivity contribution in [3.63, 3.8) is 0 Å². The maximum atomic E-state index is 12.6. The SMILES string of the molecule is CCCCCCCCCCCCCC/C=C\CCCCCCCCCCCCCCCCC(O)C(=O)NC(CO)C(O)C(O)CCC/C=C/CC/C=C/CC/C=C/CCCCCCCCCCCCCCCCCCC. The summed E-state index contributed by atoms with van der Waals surface area (Å²) in [6.45, 7) is 4.09. The summed E-state index contributed by atoms with van der Waals surface area (Å²) in [6, 6.07) is -1.01. The van der Waals surface area contributed by atoms with Crippen LogP contribution in [0.2, 0.25) is 0 Å². The Morgan fingerprint density at radius 3 is 0.829 bits per heavy atom. The van der Waals surface area contributed by atoms with Crippen LogP contribution >= 0.6 is 0 Å². The monoisotopic (exact) mass is 1070 g/mol. The van der Waals surface area contributed by atoms with Crippen molar-refractivity contribution in [3.05, 3.63) is 48.6 Å². The Hall–Kier alpha value is -1.73. The fraction of sp³-hybridized carbons (Fsp3) is 0.871. The molecule has 5 N–H and O–H groups in total. The molecule has 0 radical (unpaired) electrons. The highest BCUT2D eigenvalue weighted by Crippen LogP contribution is 2.18. The molecule has 0 spiro atoms. The Kier molecular flexibility index (Phi) is 62.6. The fourth-order valence-electron chi connectivity index (χ4n) is 10.7. The van der Waals surface area contributed by atoms with Crippen LogP contribution in [0.15, 0.2) is 48.6 Å². The van der Waals surface area contributed by atoms with E-state index in [9.17, 15) is 25.2 Å². The van der Waals surface area contributed by atoms with Crippen LogP contribution in [0.25, 0.3) is 0 Å². The van der Waals surface area contributed by atoms with Crippen LogP contribution < -0.4 is 5.32 Å². The molecule has 0 aromatic heterocycles. The molecule has 0 fully saturated rings. The van der Waals surface area contributed by atoms with E-state index in [0.29, 0.717) is 19.3 Å². The van der Waals surface area contributed by atoms with Crippen molar-refractivity contribution in [3.8, 4) is 0 Å². The third-order valence-corrected chi connectivity index (χ3v) is 16.0. The van der Waals surface area contributed by atoms with Gasteiger partial charge in [-0.25, -0.2) is 0 Å². The highest BCUT2D eigenvalue weighted by atomic mass is 16.3. The molecule has 0 heterocycles. The van der Waals surface area contributed by atoms with Crippen molar-refractivity contribution in [2.24, 2.45) is 0 Å². The second-order valence-electron chi connectivity index (χ2n) is 23.5. The minimum Gasteiger partial charge on any atom is -0.394 e. The lowest BCUT2D eigenvalue weighted by molar-refractivity contribution is -0.132. The zero-order chi connectivity index (χ0) is 55.1. The van der Waals surface area contributed by atoms with Gasteiger partial charge in [-0.15, -0.1) is 0 Å². The Balaban J connectivity index is 3.63. The summed E-state index contributed by atoms with van der Waals surface area (Å²) in [6.07, 6.45) is 83.7. The van der Waals surface area contributed by atoms with Gasteiger partial charge < -0.3 is 25.7 Å². The molecular weight excluding hydrogens is 935 g/mol. The lowest BCUT2D eigenvalue weighted by atomic mass is 10.00. The van der Waals surface area contributed by atoms with E-state index in [4.69, 9.17) is 0 Å². The highest BCUT2D eigenvalue weighted by molar-refractivity contribution is 5.80. The average molecular weight is 1070 g/mol. The first-order valence-corrected chi connectivity index (χ1v) is 34.0. The van der Waals surface area contributed by atoms with E-state index in [1.807, 2.05) is 0 Å². The number of aliphatic hydroxyl groups excluding tert-OH is 4. The number of rotatable bonds is 63. The third-order valence-electron chi connectivity index (χ3n) is 16.0. The lowest BCUT2D eigenvalue weighted by Crippen LogP contribution is -2.53. The zero-order valence-corrected chi connectivity index (χ0v) is 51.0. The van der Waals surface area contributed by atoms with E-state index in [1.54, 1.807) is 0 Å². The third kappa shape index (κ3) is 57.0. The van der Waals surface area contributed by atoms with Crippen LogP contribution in [0.5, 0.6) is 0 Å². The minimum absolute atomic E-state index is 0.359. The number of allylic oxidation sites excluding steroid dienone is 8. The summed E-state index contributed by atoms with van der Waals surface area (Å²) in [5, 5.41) is 44.1. The fourth-order valence-corrected chi connectivity index (χ4v) is 10.7. The van der Waals surface area contributed by atoms with Crippen molar-refractivity contribution >= 4 is 5.91 Å². The minimum atomic E-state index is -1.30. The van der Waals surface area contributed by atoms with Gasteiger partial charge in [0.15, 0.2) is 0 Å². The summed E-state index contributed by atoms with van der Waals surface area (Å²) in [5.41, 5.74) is 0. The van der Waals surface area contributed by atoms with Gasteiger partial charge in [-0.05, 0) is 89.9 Å². The average Bonchev–Trinajstić information content (AvgIpc) is 3.42. The maximum absolute atomic E-state index is 12.6. The highest BCUT2D eigenvalue weighted by Gasteiger charge is 2.28. The first kappa shape index (κ1) is 74.3. The number of amides is 1. The second kappa shape index (κ2) is 64.1. The number of aliphatic hydroxyl groups is 4. The normalized spacial score (nSPS) is 13.8. The standard InChI is InChI=1S/C70H133NO5/c1-3-5-7-9-11-13-15-17-19-21-23-25-27-29-31-33-35-37-39-41-43-45-47-49-51-53-55-57-59-61-63-67(73)69(75)66(65-72)71-70(76)68(74)64-62-60-58-56-54-52-50-48-46-44-42-40-38-36-34-32-30-28-26-24-22-20-18-16-14-12-10-8-6-4-2/h30,32,39,41,47,49,55,57,66-69,72-75H,3-29,31,33-38,40,42-46,48,50-54,56,58-65H2,1-2H3,(H,71,76)/b32-30-,41-39+,49-47+,57-55+. The number of hydrogen-bond acceptors (Lipinski definition) is 5. The van der Waals surface area contributed by atoms with Gasteiger partial charge in [0, 0.05) is 0 Å². The molecule has 0 aliphatic heterocycles. The largest absolute Gasteiger partial charge is 0.394 e. The molecule has 1 amide bonds. The molecule has 0 bridgehead atoms. The van der Waals surface area contributed by atoms with Crippen molar-refractivity contribution in [2.45, 2.75) is 385 Å². The van der Waals surface area contributed by atoms with Gasteiger partial charge in [-0.2, -0.15) is 0 Å². The molecule has 0 aromatic carbocycles. The maximum Gasteiger partial charge on any atom is 0.249 e. The van der Waals surface area contributed by atoms with Gasteiger partial charge in [-0.1, -0.05) is 319 Å². The van der Waals surface area contributed by atoms with E-state index in [0.717, 1.165) is 51.4 Å². The summed E-state index contributed by atoms with van der Waals surface area (Å²) in [7, 11) is 0. The van der Waals surface area contributed by atoms with Gasteiger partial charge in [0.1, 0.15) is 12.2 Å². The zero-order valence-electron chi connectivity index (χ0n) is 51.0. The first-order chi connectivity index (χ1) is 37.5. The molecule has 0 saturated carbocycles. The summed E-state index contributed by atoms with van der Waals surface area (Å²) in [5.74, 6) is -0.595. The molecule has 0 aliphatic rings. The number of carbonyl (C=O) groups is 1. The Bertz CT molecular complexity index is 1250. The molecule has 0 aromatic rings. The van der Waals surface area contributed by atoms with Crippen LogP contribution in [0.4, 0.5) is 0 Å². The Labute approximate surface area is 474 Å². The van der Waals surface area contributed by atoms with Gasteiger partial charge >= 0.3 is 0 Å². The molecule has 0 rings (SSSR count). The molecule has 4 unspecified atom stereocenters. The molecule has 0 aliphatic carbocycles. The number of carbonyl (C=O) groups excluding carboxylic acids is 1. The smallest absolute Gasteiger partial charge is 0.249 e. The van der Waals surface area contributed by atoms with Crippen molar-refractivity contribution in [2.75, 3.05) is 6.61 Å².